The molecule has 0 spiro atoms. The van der Waals surface area contributed by atoms with E-state index in [2.05, 4.69) is 0 Å². The van der Waals surface area contributed by atoms with E-state index < -0.39 is 5.91 Å². The quantitative estimate of drug-likeness (QED) is 0.788. The predicted octanol–water partition coefficient (Wildman–Crippen LogP) is 3.89. The Bertz CT molecular complexity index is 757. The number of anilines is 1. The third-order valence-electron chi connectivity index (χ3n) is 3.26. The van der Waals surface area contributed by atoms with Gasteiger partial charge >= 0.3 is 0 Å². The van der Waals surface area contributed by atoms with Gasteiger partial charge in [-0.25, -0.2) is 4.90 Å². The maximum atomic E-state index is 12.6. The number of hydrogen-bond donors (Lipinski definition) is 0. The van der Waals surface area contributed by atoms with E-state index in [0.29, 0.717) is 10.6 Å². The summed E-state index contributed by atoms with van der Waals surface area (Å²) in [4.78, 5) is 26.8. The van der Waals surface area contributed by atoms with Crippen LogP contribution in [0.5, 0.6) is 0 Å². The summed E-state index contributed by atoms with van der Waals surface area (Å²) in [6.45, 7) is 3.85. The topological polar surface area (TPSA) is 37.4 Å². The number of aryl methyl sites for hydroxylation is 2. The Morgan fingerprint density at radius 3 is 2.29 bits per heavy atom. The molecule has 0 aliphatic carbocycles. The molecule has 1 aromatic heterocycles. The van der Waals surface area contributed by atoms with Gasteiger partial charge in [-0.3, -0.25) is 9.59 Å². The Hall–Kier alpha value is -1.91. The van der Waals surface area contributed by atoms with E-state index in [1.54, 1.807) is 6.07 Å². The van der Waals surface area contributed by atoms with E-state index in [0.717, 1.165) is 16.0 Å². The van der Waals surface area contributed by atoms with Crippen molar-refractivity contribution in [1.29, 1.82) is 0 Å². The van der Waals surface area contributed by atoms with Crippen molar-refractivity contribution >= 4 is 46.0 Å². The molecule has 3 rings (SSSR count). The summed E-state index contributed by atoms with van der Waals surface area (Å²) in [6, 6.07) is 9.23. The molecule has 2 aromatic rings. The first-order valence-corrected chi connectivity index (χ1v) is 7.65. The Morgan fingerprint density at radius 1 is 1.05 bits per heavy atom. The van der Waals surface area contributed by atoms with Crippen LogP contribution < -0.4 is 4.90 Å². The first kappa shape index (κ1) is 14.0. The second kappa shape index (κ2) is 5.13. The van der Waals surface area contributed by atoms with Crippen LogP contribution in [0.1, 0.15) is 16.0 Å². The van der Waals surface area contributed by atoms with E-state index in [1.807, 2.05) is 43.5 Å². The molecule has 5 heteroatoms. The maximum absolute atomic E-state index is 12.6. The Labute approximate surface area is 131 Å². The second-order valence-corrected chi connectivity index (χ2v) is 6.28. The third kappa shape index (κ3) is 2.30. The van der Waals surface area contributed by atoms with Crippen molar-refractivity contribution in [1.82, 2.24) is 0 Å². The number of hydrogen-bond acceptors (Lipinski definition) is 3. The minimum absolute atomic E-state index is 0.0124. The summed E-state index contributed by atoms with van der Waals surface area (Å²) in [5.74, 6) is -0.826. The molecule has 21 heavy (non-hydrogen) atoms. The Morgan fingerprint density at radius 2 is 1.71 bits per heavy atom. The molecule has 0 unspecified atom stereocenters. The minimum atomic E-state index is -0.463. The third-order valence-corrected chi connectivity index (χ3v) is 4.50. The molecule has 2 heterocycles. The van der Waals surface area contributed by atoms with Gasteiger partial charge in [0.15, 0.2) is 0 Å². The molecule has 0 bridgehead atoms. The van der Waals surface area contributed by atoms with Gasteiger partial charge in [-0.2, -0.15) is 0 Å². The molecule has 0 N–H and O–H groups in total. The van der Waals surface area contributed by atoms with Crippen LogP contribution in [-0.2, 0) is 9.59 Å². The van der Waals surface area contributed by atoms with Crippen molar-refractivity contribution in [3.63, 3.8) is 0 Å². The average molecular weight is 318 g/mol. The van der Waals surface area contributed by atoms with E-state index in [4.69, 9.17) is 11.6 Å². The number of imide groups is 1. The van der Waals surface area contributed by atoms with Crippen LogP contribution in [0.2, 0.25) is 0 Å². The van der Waals surface area contributed by atoms with Gasteiger partial charge in [-0.15, -0.1) is 11.3 Å². The summed E-state index contributed by atoms with van der Waals surface area (Å²) >= 11 is 7.50. The fourth-order valence-electron chi connectivity index (χ4n) is 2.45. The molecule has 1 aromatic carbocycles. The molecule has 1 aliphatic heterocycles. The first-order valence-electron chi connectivity index (χ1n) is 6.40. The SMILES string of the molecule is Cc1cc(C)cc(N2C(=O)C(Cl)=C(c3cccs3)C2=O)c1. The number of rotatable bonds is 2. The molecule has 0 fully saturated rings. The summed E-state index contributed by atoms with van der Waals surface area (Å²) in [6.07, 6.45) is 0. The van der Waals surface area contributed by atoms with E-state index in [1.165, 1.54) is 11.3 Å². The van der Waals surface area contributed by atoms with Crippen molar-refractivity contribution < 1.29 is 9.59 Å². The van der Waals surface area contributed by atoms with Crippen LogP contribution in [-0.4, -0.2) is 11.8 Å². The normalized spacial score (nSPS) is 15.3. The van der Waals surface area contributed by atoms with E-state index in [-0.39, 0.29) is 16.5 Å². The highest BCUT2D eigenvalue weighted by molar-refractivity contribution is 7.11. The van der Waals surface area contributed by atoms with Gasteiger partial charge in [-0.05, 0) is 48.6 Å². The molecular formula is C16H12ClNO2S. The van der Waals surface area contributed by atoms with Gasteiger partial charge in [0, 0.05) is 4.88 Å². The standard InChI is InChI=1S/C16H12ClNO2S/c1-9-6-10(2)8-11(7-9)18-15(19)13(14(17)16(18)20)12-4-3-5-21-12/h3-8H,1-2H3. The van der Waals surface area contributed by atoms with E-state index in [9.17, 15) is 9.59 Å². The van der Waals surface area contributed by atoms with Crippen LogP contribution >= 0.6 is 22.9 Å². The van der Waals surface area contributed by atoms with Gasteiger partial charge in [0.25, 0.3) is 11.8 Å². The number of nitrogens with zero attached hydrogens (tertiary/aromatic N) is 1. The molecule has 1 aliphatic rings. The maximum Gasteiger partial charge on any atom is 0.277 e. The summed E-state index contributed by atoms with van der Waals surface area (Å²) in [5, 5.41) is 1.84. The Balaban J connectivity index is 2.08. The summed E-state index contributed by atoms with van der Waals surface area (Å²) in [7, 11) is 0. The van der Waals surface area contributed by atoms with Crippen molar-refractivity contribution in [3.05, 3.63) is 56.7 Å². The highest BCUT2D eigenvalue weighted by Gasteiger charge is 2.39. The number of carbonyl (C=O) groups excluding carboxylic acids is 2. The van der Waals surface area contributed by atoms with Gasteiger partial charge in [0.1, 0.15) is 5.03 Å². The average Bonchev–Trinajstić information content (AvgIpc) is 2.97. The lowest BCUT2D eigenvalue weighted by molar-refractivity contribution is -0.119. The summed E-state index contributed by atoms with van der Waals surface area (Å²) in [5.41, 5.74) is 2.83. The van der Waals surface area contributed by atoms with Gasteiger partial charge in [-0.1, -0.05) is 23.7 Å². The van der Waals surface area contributed by atoms with Crippen LogP contribution in [0.4, 0.5) is 5.69 Å². The second-order valence-electron chi connectivity index (χ2n) is 4.96. The highest BCUT2D eigenvalue weighted by atomic mass is 35.5. The minimum Gasteiger partial charge on any atom is -0.268 e. The summed E-state index contributed by atoms with van der Waals surface area (Å²) < 4.78 is 0. The predicted molar refractivity (Wildman–Crippen MR) is 85.5 cm³/mol. The number of amides is 2. The van der Waals surface area contributed by atoms with Gasteiger partial charge in [0.2, 0.25) is 0 Å². The molecule has 2 amide bonds. The zero-order chi connectivity index (χ0) is 15.1. The molecule has 0 atom stereocenters. The highest BCUT2D eigenvalue weighted by Crippen LogP contribution is 2.36. The lowest BCUT2D eigenvalue weighted by Gasteiger charge is -2.16. The Kier molecular flexibility index (Phi) is 3.43. The molecule has 3 nitrogen and oxygen atoms in total. The number of carbonyl (C=O) groups is 2. The van der Waals surface area contributed by atoms with Crippen LogP contribution in [0, 0.1) is 13.8 Å². The lowest BCUT2D eigenvalue weighted by atomic mass is 10.1. The van der Waals surface area contributed by atoms with Crippen molar-refractivity contribution in [2.75, 3.05) is 4.90 Å². The first-order chi connectivity index (χ1) is 9.99. The number of halogens is 1. The number of benzene rings is 1. The molecule has 0 saturated carbocycles. The van der Waals surface area contributed by atoms with Gasteiger partial charge < -0.3 is 0 Å². The van der Waals surface area contributed by atoms with Crippen molar-refractivity contribution in [2.24, 2.45) is 0 Å². The lowest BCUT2D eigenvalue weighted by Crippen LogP contribution is -2.31. The largest absolute Gasteiger partial charge is 0.277 e. The molecular weight excluding hydrogens is 306 g/mol. The van der Waals surface area contributed by atoms with Gasteiger partial charge in [0.05, 0.1) is 11.3 Å². The zero-order valence-electron chi connectivity index (χ0n) is 11.5. The smallest absolute Gasteiger partial charge is 0.268 e. The van der Waals surface area contributed by atoms with Crippen LogP contribution in [0.25, 0.3) is 5.57 Å². The number of thiophene rings is 1. The molecule has 106 valence electrons. The monoisotopic (exact) mass is 317 g/mol. The molecule has 0 radical (unpaired) electrons. The van der Waals surface area contributed by atoms with Crippen LogP contribution in [0.3, 0.4) is 0 Å². The molecule has 0 saturated heterocycles. The fourth-order valence-corrected chi connectivity index (χ4v) is 3.54. The van der Waals surface area contributed by atoms with E-state index >= 15 is 0 Å². The van der Waals surface area contributed by atoms with Crippen molar-refractivity contribution in [3.8, 4) is 0 Å². The van der Waals surface area contributed by atoms with Crippen molar-refractivity contribution in [2.45, 2.75) is 13.8 Å². The zero-order valence-corrected chi connectivity index (χ0v) is 13.1. The van der Waals surface area contributed by atoms with Crippen LogP contribution in [0.15, 0.2) is 40.7 Å². The fraction of sp³-hybridized carbons (Fsp3) is 0.125.